The van der Waals surface area contributed by atoms with Gasteiger partial charge in [-0.25, -0.2) is 9.97 Å². The van der Waals surface area contributed by atoms with Crippen molar-refractivity contribution in [2.75, 3.05) is 34.9 Å². The molecule has 0 atom stereocenters. The molecule has 3 heterocycles. The SMILES string of the molecule is CNc1cc(CCNc2ncccc2C(=O)Nc2ccc3c(c2)NC(=O)C3(C(F)(F)F)C(F)(F)F)ccn1. The maximum absolute atomic E-state index is 13.6. The van der Waals surface area contributed by atoms with Crippen LogP contribution in [0.3, 0.4) is 0 Å². The summed E-state index contributed by atoms with van der Waals surface area (Å²) >= 11 is 0. The number of amides is 2. The van der Waals surface area contributed by atoms with Crippen LogP contribution in [-0.4, -0.2) is 47.7 Å². The first-order chi connectivity index (χ1) is 17.9. The average Bonchev–Trinajstić information content (AvgIpc) is 3.16. The number of carbonyl (C=O) groups excluding carboxylic acids is 2. The molecular weight excluding hydrogens is 518 g/mol. The van der Waals surface area contributed by atoms with Gasteiger partial charge in [-0.15, -0.1) is 0 Å². The lowest BCUT2D eigenvalue weighted by Gasteiger charge is -2.31. The molecule has 0 radical (unpaired) electrons. The van der Waals surface area contributed by atoms with E-state index in [-0.39, 0.29) is 17.1 Å². The van der Waals surface area contributed by atoms with Crippen molar-refractivity contribution in [2.45, 2.75) is 24.2 Å². The van der Waals surface area contributed by atoms with Gasteiger partial charge in [0.15, 0.2) is 0 Å². The van der Waals surface area contributed by atoms with Crippen molar-refractivity contribution < 1.29 is 35.9 Å². The second-order valence-corrected chi connectivity index (χ2v) is 8.29. The van der Waals surface area contributed by atoms with Crippen molar-refractivity contribution in [3.05, 3.63) is 71.5 Å². The normalized spacial score (nSPS) is 14.4. The number of fused-ring (bicyclic) bond motifs is 1. The lowest BCUT2D eigenvalue weighted by molar-refractivity contribution is -0.288. The van der Waals surface area contributed by atoms with Crippen molar-refractivity contribution in [3.63, 3.8) is 0 Å². The van der Waals surface area contributed by atoms with E-state index >= 15 is 0 Å². The van der Waals surface area contributed by atoms with Gasteiger partial charge in [-0.2, -0.15) is 26.3 Å². The van der Waals surface area contributed by atoms with Crippen LogP contribution in [0.4, 0.5) is 49.4 Å². The van der Waals surface area contributed by atoms with Gasteiger partial charge in [0.25, 0.3) is 17.2 Å². The summed E-state index contributed by atoms with van der Waals surface area (Å²) in [5.74, 6) is -2.07. The summed E-state index contributed by atoms with van der Waals surface area (Å²) in [6.45, 7) is 0.395. The third kappa shape index (κ3) is 4.68. The predicted molar refractivity (Wildman–Crippen MR) is 127 cm³/mol. The van der Waals surface area contributed by atoms with Gasteiger partial charge in [0.05, 0.1) is 5.56 Å². The zero-order valence-electron chi connectivity index (χ0n) is 19.6. The Morgan fingerprint density at radius 3 is 2.42 bits per heavy atom. The molecule has 0 saturated heterocycles. The Morgan fingerprint density at radius 1 is 1.00 bits per heavy atom. The van der Waals surface area contributed by atoms with Crippen LogP contribution in [0.5, 0.6) is 0 Å². The molecule has 3 aromatic rings. The van der Waals surface area contributed by atoms with Crippen LogP contribution < -0.4 is 21.3 Å². The predicted octanol–water partition coefficient (Wildman–Crippen LogP) is 4.74. The molecule has 4 rings (SSSR count). The van der Waals surface area contributed by atoms with E-state index < -0.39 is 40.8 Å². The van der Waals surface area contributed by atoms with Crippen LogP contribution in [-0.2, 0) is 16.6 Å². The lowest BCUT2D eigenvalue weighted by Crippen LogP contribution is -2.58. The van der Waals surface area contributed by atoms with Gasteiger partial charge in [0, 0.05) is 42.9 Å². The molecule has 0 spiro atoms. The van der Waals surface area contributed by atoms with E-state index in [1.54, 1.807) is 18.6 Å². The van der Waals surface area contributed by atoms with Crippen molar-refractivity contribution in [2.24, 2.45) is 0 Å². The first-order valence-corrected chi connectivity index (χ1v) is 11.1. The molecule has 0 aliphatic carbocycles. The highest BCUT2D eigenvalue weighted by Gasteiger charge is 2.78. The number of nitrogens with one attached hydrogen (secondary N) is 4. The van der Waals surface area contributed by atoms with Crippen LogP contribution in [0, 0.1) is 0 Å². The number of alkyl halides is 6. The van der Waals surface area contributed by atoms with E-state index in [0.717, 1.165) is 17.7 Å². The fourth-order valence-electron chi connectivity index (χ4n) is 4.13. The zero-order chi connectivity index (χ0) is 27.7. The van der Waals surface area contributed by atoms with Crippen LogP contribution in [0.15, 0.2) is 54.9 Å². The molecule has 0 bridgehead atoms. The number of anilines is 4. The smallest absolute Gasteiger partial charge is 0.373 e. The van der Waals surface area contributed by atoms with Crippen molar-refractivity contribution in [1.82, 2.24) is 9.97 Å². The Balaban J connectivity index is 1.52. The van der Waals surface area contributed by atoms with Gasteiger partial charge >= 0.3 is 12.4 Å². The molecule has 0 saturated carbocycles. The number of nitrogens with zero attached hydrogens (tertiary/aromatic N) is 2. The monoisotopic (exact) mass is 538 g/mol. The molecule has 1 aromatic carbocycles. The van der Waals surface area contributed by atoms with E-state index in [2.05, 4.69) is 25.9 Å². The molecule has 4 N–H and O–H groups in total. The van der Waals surface area contributed by atoms with Crippen LogP contribution >= 0.6 is 0 Å². The van der Waals surface area contributed by atoms with Gasteiger partial charge in [0.1, 0.15) is 11.6 Å². The number of benzene rings is 1. The van der Waals surface area contributed by atoms with E-state index in [4.69, 9.17) is 0 Å². The molecule has 200 valence electrons. The van der Waals surface area contributed by atoms with E-state index in [1.807, 2.05) is 12.1 Å². The minimum absolute atomic E-state index is 0.0857. The maximum Gasteiger partial charge on any atom is 0.416 e. The van der Waals surface area contributed by atoms with Gasteiger partial charge < -0.3 is 21.3 Å². The van der Waals surface area contributed by atoms with E-state index in [0.29, 0.717) is 24.8 Å². The van der Waals surface area contributed by atoms with Crippen molar-refractivity contribution in [3.8, 4) is 0 Å². The topological polar surface area (TPSA) is 108 Å². The van der Waals surface area contributed by atoms with Gasteiger partial charge in [-0.1, -0.05) is 6.07 Å². The number of carbonyl (C=O) groups is 2. The largest absolute Gasteiger partial charge is 0.416 e. The molecule has 14 heteroatoms. The highest BCUT2D eigenvalue weighted by molar-refractivity contribution is 6.10. The number of aromatic nitrogens is 2. The van der Waals surface area contributed by atoms with Gasteiger partial charge in [-0.05, 0) is 48.4 Å². The Labute approximate surface area is 211 Å². The number of pyridine rings is 2. The summed E-state index contributed by atoms with van der Waals surface area (Å²) in [6, 6.07) is 8.86. The second kappa shape index (κ2) is 9.84. The summed E-state index contributed by atoms with van der Waals surface area (Å²) in [4.78, 5) is 33.2. The van der Waals surface area contributed by atoms with Crippen LogP contribution in [0.25, 0.3) is 0 Å². The molecule has 1 aliphatic heterocycles. The third-order valence-corrected chi connectivity index (χ3v) is 5.96. The standard InChI is InChI=1S/C24H20F6N6O2/c1-31-18-11-13(6-9-32-18)7-10-34-19-15(3-2-8-33-19)20(37)35-14-4-5-16-17(12-14)36-21(38)22(16,23(25,26)27)24(28,29)30/h2-6,8-9,11-12H,7,10H2,1H3,(H,31,32)(H,33,34)(H,35,37)(H,36,38). The van der Waals surface area contributed by atoms with Gasteiger partial charge in [-0.3, -0.25) is 9.59 Å². The molecule has 0 unspecified atom stereocenters. The zero-order valence-corrected chi connectivity index (χ0v) is 19.6. The Morgan fingerprint density at radius 2 is 1.74 bits per heavy atom. The molecule has 2 amide bonds. The first-order valence-electron chi connectivity index (χ1n) is 11.1. The molecule has 0 fully saturated rings. The Bertz CT molecular complexity index is 1360. The van der Waals surface area contributed by atoms with E-state index in [1.165, 1.54) is 18.3 Å². The lowest BCUT2D eigenvalue weighted by atomic mass is 9.80. The third-order valence-electron chi connectivity index (χ3n) is 5.96. The average molecular weight is 538 g/mol. The summed E-state index contributed by atoms with van der Waals surface area (Å²) < 4.78 is 81.6. The molecule has 8 nitrogen and oxygen atoms in total. The highest BCUT2D eigenvalue weighted by Crippen LogP contribution is 2.57. The summed E-state index contributed by atoms with van der Waals surface area (Å²) in [5.41, 5.74) is -5.77. The molecule has 38 heavy (non-hydrogen) atoms. The van der Waals surface area contributed by atoms with Crippen molar-refractivity contribution >= 4 is 34.8 Å². The second-order valence-electron chi connectivity index (χ2n) is 8.29. The highest BCUT2D eigenvalue weighted by atomic mass is 19.4. The fourth-order valence-corrected chi connectivity index (χ4v) is 4.13. The Hall–Kier alpha value is -4.36. The molecule has 1 aliphatic rings. The fraction of sp³-hybridized carbons (Fsp3) is 0.250. The van der Waals surface area contributed by atoms with Crippen LogP contribution in [0.1, 0.15) is 21.5 Å². The summed E-state index contributed by atoms with van der Waals surface area (Å²) in [7, 11) is 1.74. The van der Waals surface area contributed by atoms with Crippen molar-refractivity contribution in [1.29, 1.82) is 0 Å². The van der Waals surface area contributed by atoms with Gasteiger partial charge in [0.2, 0.25) is 0 Å². The van der Waals surface area contributed by atoms with Crippen LogP contribution in [0.2, 0.25) is 0 Å². The number of rotatable bonds is 7. The number of hydrogen-bond donors (Lipinski definition) is 4. The molecule has 2 aromatic heterocycles. The minimum atomic E-state index is -5.94. The Kier molecular flexibility index (Phi) is 6.91. The van der Waals surface area contributed by atoms with E-state index in [9.17, 15) is 35.9 Å². The quantitative estimate of drug-likeness (QED) is 0.324. The summed E-state index contributed by atoms with van der Waals surface area (Å²) in [6.07, 6.45) is -8.21. The number of hydrogen-bond acceptors (Lipinski definition) is 6. The molecular formula is C24H20F6N6O2. The maximum atomic E-state index is 13.6. The first kappa shape index (κ1) is 26.7. The summed E-state index contributed by atoms with van der Waals surface area (Å²) in [5, 5.41) is 10.0. The minimum Gasteiger partial charge on any atom is -0.373 e. The number of halogens is 6.